The Morgan fingerprint density at radius 1 is 1.11 bits per heavy atom. The summed E-state index contributed by atoms with van der Waals surface area (Å²) in [6, 6.07) is 13.0. The second-order valence-electron chi connectivity index (χ2n) is 7.99. The molecule has 0 saturated carbocycles. The summed E-state index contributed by atoms with van der Waals surface area (Å²) >= 11 is 0. The van der Waals surface area contributed by atoms with E-state index >= 15 is 0 Å². The molecule has 1 heterocycles. The number of primary amides is 1. The SMILES string of the molecule is CC(C)(C)[C@H](NC(=O)c1cn(Cc2ccc(F)cc2)c2ccccc12)C(N)=O. The van der Waals surface area contributed by atoms with Crippen LogP contribution < -0.4 is 11.1 Å². The zero-order valence-corrected chi connectivity index (χ0v) is 16.2. The number of carbonyl (C=O) groups excluding carboxylic acids is 2. The minimum Gasteiger partial charge on any atom is -0.368 e. The molecule has 146 valence electrons. The van der Waals surface area contributed by atoms with Gasteiger partial charge in [-0.2, -0.15) is 0 Å². The molecule has 3 rings (SSSR count). The van der Waals surface area contributed by atoms with Crippen molar-refractivity contribution in [2.24, 2.45) is 11.1 Å². The Labute approximate surface area is 163 Å². The molecule has 28 heavy (non-hydrogen) atoms. The minimum atomic E-state index is -0.792. The first-order valence-electron chi connectivity index (χ1n) is 9.09. The van der Waals surface area contributed by atoms with Crippen LogP contribution in [-0.2, 0) is 11.3 Å². The van der Waals surface area contributed by atoms with E-state index in [1.807, 2.05) is 49.6 Å². The van der Waals surface area contributed by atoms with Gasteiger partial charge in [0.25, 0.3) is 5.91 Å². The Morgan fingerprint density at radius 2 is 1.75 bits per heavy atom. The van der Waals surface area contributed by atoms with Crippen molar-refractivity contribution in [1.82, 2.24) is 9.88 Å². The Kier molecular flexibility index (Phi) is 5.23. The lowest BCUT2D eigenvalue weighted by atomic mass is 9.86. The molecule has 5 nitrogen and oxygen atoms in total. The highest BCUT2D eigenvalue weighted by molar-refractivity contribution is 6.08. The number of nitrogens with two attached hydrogens (primary N) is 1. The zero-order chi connectivity index (χ0) is 20.5. The van der Waals surface area contributed by atoms with E-state index in [1.165, 1.54) is 12.1 Å². The van der Waals surface area contributed by atoms with Crippen LogP contribution in [0.4, 0.5) is 4.39 Å². The number of nitrogens with zero attached hydrogens (tertiary/aromatic N) is 1. The maximum Gasteiger partial charge on any atom is 0.254 e. The summed E-state index contributed by atoms with van der Waals surface area (Å²) < 4.78 is 15.1. The summed E-state index contributed by atoms with van der Waals surface area (Å²) in [5.74, 6) is -1.22. The summed E-state index contributed by atoms with van der Waals surface area (Å²) in [6.07, 6.45) is 1.75. The van der Waals surface area contributed by atoms with Crippen LogP contribution in [0.3, 0.4) is 0 Å². The summed E-state index contributed by atoms with van der Waals surface area (Å²) in [6.45, 7) is 6.04. The number of benzene rings is 2. The predicted molar refractivity (Wildman–Crippen MR) is 107 cm³/mol. The van der Waals surface area contributed by atoms with Crippen LogP contribution in [0.2, 0.25) is 0 Å². The Bertz CT molecular complexity index is 1020. The van der Waals surface area contributed by atoms with Crippen LogP contribution >= 0.6 is 0 Å². The maximum atomic E-state index is 13.2. The van der Waals surface area contributed by atoms with Gasteiger partial charge in [-0.3, -0.25) is 9.59 Å². The second-order valence-corrected chi connectivity index (χ2v) is 7.99. The molecule has 3 N–H and O–H groups in total. The number of carbonyl (C=O) groups is 2. The van der Waals surface area contributed by atoms with Crippen molar-refractivity contribution in [2.75, 3.05) is 0 Å². The summed E-state index contributed by atoms with van der Waals surface area (Å²) in [5.41, 5.74) is 7.25. The summed E-state index contributed by atoms with van der Waals surface area (Å²) in [5, 5.41) is 3.55. The van der Waals surface area contributed by atoms with Crippen LogP contribution in [-0.4, -0.2) is 22.4 Å². The molecule has 0 aliphatic heterocycles. The number of fused-ring (bicyclic) bond motifs is 1. The lowest BCUT2D eigenvalue weighted by Crippen LogP contribution is -2.52. The van der Waals surface area contributed by atoms with Crippen LogP contribution in [0, 0.1) is 11.2 Å². The molecule has 1 atom stereocenters. The first-order valence-corrected chi connectivity index (χ1v) is 9.09. The van der Waals surface area contributed by atoms with Crippen LogP contribution in [0.25, 0.3) is 10.9 Å². The number of nitrogens with one attached hydrogen (secondary N) is 1. The van der Waals surface area contributed by atoms with Crippen molar-refractivity contribution in [3.05, 3.63) is 71.7 Å². The molecule has 3 aromatic rings. The predicted octanol–water partition coefficient (Wildman–Crippen LogP) is 3.46. The number of para-hydroxylation sites is 1. The standard InChI is InChI=1S/C22H24FN3O2/c1-22(2,3)19(20(24)27)25-21(28)17-13-26(18-7-5-4-6-16(17)18)12-14-8-10-15(23)11-9-14/h4-11,13,19H,12H2,1-3H3,(H2,24,27)(H,25,28)/t19-/m1/s1. The van der Waals surface area contributed by atoms with Gasteiger partial charge in [0, 0.05) is 23.6 Å². The molecule has 0 aliphatic carbocycles. The molecule has 0 aliphatic rings. The molecule has 0 bridgehead atoms. The molecule has 1 aromatic heterocycles. The smallest absolute Gasteiger partial charge is 0.254 e. The van der Waals surface area contributed by atoms with Crippen molar-refractivity contribution in [3.8, 4) is 0 Å². The lowest BCUT2D eigenvalue weighted by Gasteiger charge is -2.28. The van der Waals surface area contributed by atoms with E-state index in [0.717, 1.165) is 16.5 Å². The molecule has 0 fully saturated rings. The van der Waals surface area contributed by atoms with Gasteiger partial charge in [0.1, 0.15) is 11.9 Å². The van der Waals surface area contributed by atoms with Crippen molar-refractivity contribution in [1.29, 1.82) is 0 Å². The van der Waals surface area contributed by atoms with Crippen LogP contribution in [0.1, 0.15) is 36.7 Å². The maximum absolute atomic E-state index is 13.2. The van der Waals surface area contributed by atoms with Crippen LogP contribution in [0.15, 0.2) is 54.7 Å². The quantitative estimate of drug-likeness (QED) is 0.710. The van der Waals surface area contributed by atoms with Crippen molar-refractivity contribution in [2.45, 2.75) is 33.4 Å². The highest BCUT2D eigenvalue weighted by atomic mass is 19.1. The van der Waals surface area contributed by atoms with Crippen molar-refractivity contribution < 1.29 is 14.0 Å². The highest BCUT2D eigenvalue weighted by Gasteiger charge is 2.32. The van der Waals surface area contributed by atoms with Gasteiger partial charge in [-0.15, -0.1) is 0 Å². The van der Waals surface area contributed by atoms with Gasteiger partial charge >= 0.3 is 0 Å². The first kappa shape index (κ1) is 19.6. The largest absolute Gasteiger partial charge is 0.368 e. The summed E-state index contributed by atoms with van der Waals surface area (Å²) in [7, 11) is 0. The average molecular weight is 381 g/mol. The number of hydrogen-bond acceptors (Lipinski definition) is 2. The normalized spacial score (nSPS) is 12.7. The number of amides is 2. The molecule has 6 heteroatoms. The third-order valence-corrected chi connectivity index (χ3v) is 4.73. The Morgan fingerprint density at radius 3 is 2.36 bits per heavy atom. The van der Waals surface area contributed by atoms with E-state index in [1.54, 1.807) is 18.3 Å². The molecule has 0 radical (unpaired) electrons. The number of halogens is 1. The second kappa shape index (κ2) is 7.46. The van der Waals surface area contributed by atoms with Gasteiger partial charge in [-0.25, -0.2) is 4.39 Å². The number of hydrogen-bond donors (Lipinski definition) is 2. The molecule has 0 saturated heterocycles. The van der Waals surface area contributed by atoms with Gasteiger partial charge < -0.3 is 15.6 Å². The Hall–Kier alpha value is -3.15. The van der Waals surface area contributed by atoms with Crippen LogP contribution in [0.5, 0.6) is 0 Å². The molecular formula is C22H24FN3O2. The summed E-state index contributed by atoms with van der Waals surface area (Å²) in [4.78, 5) is 24.8. The highest BCUT2D eigenvalue weighted by Crippen LogP contribution is 2.24. The first-order chi connectivity index (χ1) is 13.2. The fourth-order valence-corrected chi connectivity index (χ4v) is 3.27. The van der Waals surface area contributed by atoms with Crippen molar-refractivity contribution in [3.63, 3.8) is 0 Å². The zero-order valence-electron chi connectivity index (χ0n) is 16.2. The van der Waals surface area contributed by atoms with Crippen molar-refractivity contribution >= 4 is 22.7 Å². The Balaban J connectivity index is 1.96. The molecule has 0 unspecified atom stereocenters. The minimum absolute atomic E-state index is 0.291. The molecule has 0 spiro atoms. The topological polar surface area (TPSA) is 77.1 Å². The molecule has 2 amide bonds. The van der Waals surface area contributed by atoms with E-state index in [4.69, 9.17) is 5.73 Å². The monoisotopic (exact) mass is 381 g/mol. The number of aromatic nitrogens is 1. The molecular weight excluding hydrogens is 357 g/mol. The number of rotatable bonds is 5. The lowest BCUT2D eigenvalue weighted by molar-refractivity contribution is -0.122. The van der Waals surface area contributed by atoms with E-state index in [9.17, 15) is 14.0 Å². The van der Waals surface area contributed by atoms with Gasteiger partial charge in [-0.05, 0) is 29.2 Å². The van der Waals surface area contributed by atoms with Gasteiger partial charge in [0.05, 0.1) is 5.56 Å². The third kappa shape index (κ3) is 4.06. The fourth-order valence-electron chi connectivity index (χ4n) is 3.27. The van der Waals surface area contributed by atoms with E-state index in [2.05, 4.69) is 5.32 Å². The molecule has 2 aromatic carbocycles. The van der Waals surface area contributed by atoms with E-state index < -0.39 is 17.4 Å². The van der Waals surface area contributed by atoms with Gasteiger partial charge in [0.15, 0.2) is 0 Å². The fraction of sp³-hybridized carbons (Fsp3) is 0.273. The van der Waals surface area contributed by atoms with E-state index in [0.29, 0.717) is 12.1 Å². The van der Waals surface area contributed by atoms with E-state index in [-0.39, 0.29) is 11.7 Å². The average Bonchev–Trinajstić information content (AvgIpc) is 2.99. The van der Waals surface area contributed by atoms with Gasteiger partial charge in [0.2, 0.25) is 5.91 Å². The van der Waals surface area contributed by atoms with Gasteiger partial charge in [-0.1, -0.05) is 51.1 Å². The third-order valence-electron chi connectivity index (χ3n) is 4.73.